The van der Waals surface area contributed by atoms with E-state index in [4.69, 9.17) is 10.8 Å². The molecule has 1 aliphatic carbocycles. The Bertz CT molecular complexity index is 369. The largest absolute Gasteiger partial charge is 0.480 e. The first-order valence-corrected chi connectivity index (χ1v) is 5.69. The maximum Gasteiger partial charge on any atom is 0.320 e. The Kier molecular flexibility index (Phi) is 3.24. The number of rotatable bonds is 4. The maximum absolute atomic E-state index is 10.6. The van der Waals surface area contributed by atoms with Crippen molar-refractivity contribution in [1.29, 1.82) is 0 Å². The van der Waals surface area contributed by atoms with Crippen LogP contribution in [0.4, 0.5) is 0 Å². The summed E-state index contributed by atoms with van der Waals surface area (Å²) in [5.74, 6) is -0.976. The van der Waals surface area contributed by atoms with E-state index in [0.717, 1.165) is 5.69 Å². The minimum atomic E-state index is -0.976. The zero-order valence-corrected chi connectivity index (χ0v) is 9.17. The molecule has 3 N–H and O–H groups in total. The van der Waals surface area contributed by atoms with Crippen LogP contribution in [0.5, 0.6) is 0 Å². The molecule has 0 bridgehead atoms. The van der Waals surface area contributed by atoms with Crippen LogP contribution in [0.15, 0.2) is 12.3 Å². The zero-order valence-electron chi connectivity index (χ0n) is 9.17. The number of aromatic nitrogens is 2. The van der Waals surface area contributed by atoms with E-state index in [0.29, 0.717) is 12.5 Å². The highest BCUT2D eigenvalue weighted by Gasteiger charge is 2.19. The summed E-state index contributed by atoms with van der Waals surface area (Å²) in [6, 6.07) is 1.50. The lowest BCUT2D eigenvalue weighted by atomic mass is 10.2. The molecule has 1 heterocycles. The summed E-state index contributed by atoms with van der Waals surface area (Å²) < 4.78 is 1.96. The summed E-state index contributed by atoms with van der Waals surface area (Å²) in [7, 11) is 0. The maximum atomic E-state index is 10.6. The highest BCUT2D eigenvalue weighted by Crippen LogP contribution is 2.28. The summed E-state index contributed by atoms with van der Waals surface area (Å²) in [6.07, 6.45) is 7.09. The monoisotopic (exact) mass is 223 g/mol. The van der Waals surface area contributed by atoms with Crippen molar-refractivity contribution >= 4 is 5.97 Å². The molecule has 0 aliphatic heterocycles. The second-order valence-electron chi connectivity index (χ2n) is 4.37. The van der Waals surface area contributed by atoms with E-state index < -0.39 is 12.0 Å². The van der Waals surface area contributed by atoms with Crippen LogP contribution >= 0.6 is 0 Å². The lowest BCUT2D eigenvalue weighted by molar-refractivity contribution is -0.138. The van der Waals surface area contributed by atoms with Gasteiger partial charge in [-0.1, -0.05) is 12.8 Å². The van der Waals surface area contributed by atoms with Crippen molar-refractivity contribution in [2.24, 2.45) is 5.73 Å². The van der Waals surface area contributed by atoms with Crippen molar-refractivity contribution in [1.82, 2.24) is 9.78 Å². The third-order valence-corrected chi connectivity index (χ3v) is 3.11. The van der Waals surface area contributed by atoms with Crippen LogP contribution in [0.1, 0.15) is 37.4 Å². The Morgan fingerprint density at radius 1 is 1.62 bits per heavy atom. The van der Waals surface area contributed by atoms with Gasteiger partial charge in [-0.15, -0.1) is 0 Å². The van der Waals surface area contributed by atoms with Crippen LogP contribution in [0.2, 0.25) is 0 Å². The van der Waals surface area contributed by atoms with E-state index >= 15 is 0 Å². The first-order chi connectivity index (χ1) is 7.66. The predicted octanol–water partition coefficient (Wildman–Crippen LogP) is 0.953. The number of hydrogen-bond donors (Lipinski definition) is 2. The molecular formula is C11H17N3O2. The lowest BCUT2D eigenvalue weighted by Gasteiger charge is -2.09. The Hall–Kier alpha value is -1.36. The number of nitrogens with zero attached hydrogens (tertiary/aromatic N) is 2. The van der Waals surface area contributed by atoms with Crippen molar-refractivity contribution in [2.75, 3.05) is 0 Å². The third-order valence-electron chi connectivity index (χ3n) is 3.11. The number of carboxylic acid groups (broad SMARTS) is 1. The van der Waals surface area contributed by atoms with Gasteiger partial charge in [0.15, 0.2) is 0 Å². The molecule has 1 atom stereocenters. The second kappa shape index (κ2) is 4.65. The quantitative estimate of drug-likeness (QED) is 0.796. The fourth-order valence-corrected chi connectivity index (χ4v) is 2.17. The second-order valence-corrected chi connectivity index (χ2v) is 4.37. The molecule has 0 unspecified atom stereocenters. The summed E-state index contributed by atoms with van der Waals surface area (Å²) in [5.41, 5.74) is 6.23. The topological polar surface area (TPSA) is 81.1 Å². The van der Waals surface area contributed by atoms with E-state index in [2.05, 4.69) is 5.10 Å². The SMILES string of the molecule is N[C@@H](Cc1ccn(C2CCCC2)n1)C(=O)O. The van der Waals surface area contributed by atoms with E-state index in [-0.39, 0.29) is 0 Å². The molecule has 1 aromatic heterocycles. The molecule has 2 rings (SSSR count). The fourth-order valence-electron chi connectivity index (χ4n) is 2.17. The van der Waals surface area contributed by atoms with Crippen molar-refractivity contribution in [2.45, 2.75) is 44.2 Å². The van der Waals surface area contributed by atoms with E-state index in [9.17, 15) is 4.79 Å². The number of carboxylic acids is 1. The number of nitrogens with two attached hydrogens (primary N) is 1. The molecule has 88 valence electrons. The Morgan fingerprint density at radius 2 is 2.31 bits per heavy atom. The molecule has 1 fully saturated rings. The molecule has 0 amide bonds. The van der Waals surface area contributed by atoms with Gasteiger partial charge in [-0.05, 0) is 18.9 Å². The Morgan fingerprint density at radius 3 is 2.94 bits per heavy atom. The molecule has 1 aliphatic rings. The van der Waals surface area contributed by atoms with Crippen molar-refractivity contribution in [3.05, 3.63) is 18.0 Å². The standard InChI is InChI=1S/C11H17N3O2/c12-10(11(15)16)7-8-5-6-14(13-8)9-3-1-2-4-9/h5-6,9-10H,1-4,7,12H2,(H,15,16)/t10-/m0/s1. The summed E-state index contributed by atoms with van der Waals surface area (Å²) in [4.78, 5) is 10.6. The summed E-state index contributed by atoms with van der Waals surface area (Å²) in [6.45, 7) is 0. The normalized spacial score (nSPS) is 18.8. The fraction of sp³-hybridized carbons (Fsp3) is 0.636. The van der Waals surface area contributed by atoms with Gasteiger partial charge >= 0.3 is 5.97 Å². The van der Waals surface area contributed by atoms with Gasteiger partial charge < -0.3 is 10.8 Å². The lowest BCUT2D eigenvalue weighted by Crippen LogP contribution is -2.32. The van der Waals surface area contributed by atoms with E-state index in [1.54, 1.807) is 0 Å². The van der Waals surface area contributed by atoms with E-state index in [1.807, 2.05) is 16.9 Å². The third kappa shape index (κ3) is 2.41. The van der Waals surface area contributed by atoms with Crippen LogP contribution < -0.4 is 5.73 Å². The van der Waals surface area contributed by atoms with Crippen LogP contribution in [0.25, 0.3) is 0 Å². The minimum absolute atomic E-state index is 0.301. The molecule has 16 heavy (non-hydrogen) atoms. The van der Waals surface area contributed by atoms with Crippen molar-refractivity contribution < 1.29 is 9.90 Å². The smallest absolute Gasteiger partial charge is 0.320 e. The predicted molar refractivity (Wildman–Crippen MR) is 59.0 cm³/mol. The Balaban J connectivity index is 1.99. The van der Waals surface area contributed by atoms with E-state index in [1.165, 1.54) is 25.7 Å². The van der Waals surface area contributed by atoms with Crippen LogP contribution in [-0.2, 0) is 11.2 Å². The highest BCUT2D eigenvalue weighted by atomic mass is 16.4. The summed E-state index contributed by atoms with van der Waals surface area (Å²) in [5, 5.41) is 13.1. The van der Waals surface area contributed by atoms with Gasteiger partial charge in [-0.25, -0.2) is 0 Å². The highest BCUT2D eigenvalue weighted by molar-refractivity contribution is 5.73. The molecule has 5 heteroatoms. The number of aliphatic carboxylic acids is 1. The van der Waals surface area contributed by atoms with Crippen LogP contribution in [-0.4, -0.2) is 26.9 Å². The molecule has 0 aromatic carbocycles. The molecule has 5 nitrogen and oxygen atoms in total. The molecular weight excluding hydrogens is 206 g/mol. The molecule has 0 spiro atoms. The molecule has 1 aromatic rings. The van der Waals surface area contributed by atoms with Gasteiger partial charge in [-0.2, -0.15) is 5.10 Å². The average Bonchev–Trinajstić information content (AvgIpc) is 2.85. The van der Waals surface area contributed by atoms with Crippen molar-refractivity contribution in [3.8, 4) is 0 Å². The molecule has 0 saturated heterocycles. The van der Waals surface area contributed by atoms with Gasteiger partial charge in [0, 0.05) is 12.6 Å². The van der Waals surface area contributed by atoms with Gasteiger partial charge in [0.25, 0.3) is 0 Å². The first-order valence-electron chi connectivity index (χ1n) is 5.69. The molecule has 0 radical (unpaired) electrons. The van der Waals surface area contributed by atoms with Gasteiger partial charge in [0.1, 0.15) is 6.04 Å². The Labute approximate surface area is 94.2 Å². The molecule has 1 saturated carbocycles. The zero-order chi connectivity index (χ0) is 11.5. The van der Waals surface area contributed by atoms with Gasteiger partial charge in [0.05, 0.1) is 11.7 Å². The summed E-state index contributed by atoms with van der Waals surface area (Å²) >= 11 is 0. The first kappa shape index (κ1) is 11.1. The minimum Gasteiger partial charge on any atom is -0.480 e. The van der Waals surface area contributed by atoms with Gasteiger partial charge in [0.2, 0.25) is 0 Å². The average molecular weight is 223 g/mol. The van der Waals surface area contributed by atoms with Crippen molar-refractivity contribution in [3.63, 3.8) is 0 Å². The van der Waals surface area contributed by atoms with Crippen LogP contribution in [0, 0.1) is 0 Å². The number of hydrogen-bond acceptors (Lipinski definition) is 3. The van der Waals surface area contributed by atoms with Crippen LogP contribution in [0.3, 0.4) is 0 Å². The number of carbonyl (C=O) groups is 1. The van der Waals surface area contributed by atoms with Gasteiger partial charge in [-0.3, -0.25) is 9.48 Å².